The molecule has 36 heavy (non-hydrogen) atoms. The molecule has 2 amide bonds. The highest BCUT2D eigenvalue weighted by atomic mass is 16.2. The first-order valence-corrected chi connectivity index (χ1v) is 11.8. The van der Waals surface area contributed by atoms with E-state index in [1.807, 2.05) is 29.7 Å². The number of nitrogen functional groups attached to an aromatic ring is 1. The second-order valence-corrected chi connectivity index (χ2v) is 8.41. The van der Waals surface area contributed by atoms with Crippen LogP contribution in [-0.4, -0.2) is 42.6 Å². The summed E-state index contributed by atoms with van der Waals surface area (Å²) in [7, 11) is 0. The van der Waals surface area contributed by atoms with Gasteiger partial charge in [-0.2, -0.15) is 0 Å². The summed E-state index contributed by atoms with van der Waals surface area (Å²) in [4.78, 5) is 40.5. The van der Waals surface area contributed by atoms with Gasteiger partial charge in [-0.05, 0) is 43.0 Å². The van der Waals surface area contributed by atoms with Crippen LogP contribution >= 0.6 is 0 Å². The Morgan fingerprint density at radius 3 is 2.72 bits per heavy atom. The number of hydrogen-bond acceptors (Lipinski definition) is 6. The van der Waals surface area contributed by atoms with Crippen LogP contribution in [0.25, 0.3) is 16.8 Å². The van der Waals surface area contributed by atoms with E-state index in [0.717, 1.165) is 24.2 Å². The van der Waals surface area contributed by atoms with Crippen molar-refractivity contribution in [3.63, 3.8) is 0 Å². The van der Waals surface area contributed by atoms with Crippen LogP contribution in [0.15, 0.2) is 61.1 Å². The van der Waals surface area contributed by atoms with Gasteiger partial charge in [0.25, 0.3) is 11.8 Å². The van der Waals surface area contributed by atoms with Crippen LogP contribution in [0.4, 0.5) is 11.6 Å². The minimum Gasteiger partial charge on any atom is -0.382 e. The molecular weight excluding hydrogens is 454 g/mol. The molecule has 0 radical (unpaired) electrons. The first-order valence-electron chi connectivity index (χ1n) is 11.8. The molecule has 1 unspecified atom stereocenters. The van der Waals surface area contributed by atoms with Crippen LogP contribution in [0.3, 0.4) is 0 Å². The molecule has 4 heterocycles. The van der Waals surface area contributed by atoms with Gasteiger partial charge in [0.05, 0.1) is 6.04 Å². The highest BCUT2D eigenvalue weighted by Crippen LogP contribution is 2.36. The Bertz CT molecular complexity index is 1480. The Labute approximate surface area is 208 Å². The van der Waals surface area contributed by atoms with E-state index in [-0.39, 0.29) is 17.9 Å². The van der Waals surface area contributed by atoms with Crippen LogP contribution in [0.1, 0.15) is 48.4 Å². The normalized spacial score (nSPS) is 14.9. The van der Waals surface area contributed by atoms with E-state index >= 15 is 0 Å². The standard InChI is InChI=1S/C27H25N7O2/c1-2-3-9-22(35)33-16-6-7-20(33)26-32-23(24-25(28)30-15-17-34(24)26)18-10-12-19(13-11-18)27(36)31-21-8-4-5-14-29-21/h4-5,8,10-15,17,20H,2,6-7,16H2,1H3,(H2,28,30)(H,29,31,36). The molecule has 180 valence electrons. The van der Waals surface area contributed by atoms with Crippen molar-refractivity contribution in [1.82, 2.24) is 24.3 Å². The largest absolute Gasteiger partial charge is 0.382 e. The molecule has 0 aliphatic carbocycles. The number of carbonyl (C=O) groups is 2. The number of rotatable bonds is 4. The van der Waals surface area contributed by atoms with Gasteiger partial charge in [0.1, 0.15) is 28.7 Å². The summed E-state index contributed by atoms with van der Waals surface area (Å²) in [5.41, 5.74) is 8.87. The molecule has 0 bridgehead atoms. The summed E-state index contributed by atoms with van der Waals surface area (Å²) in [6, 6.07) is 12.2. The second kappa shape index (κ2) is 9.88. The quantitative estimate of drug-likeness (QED) is 0.431. The number of anilines is 2. The fraction of sp³-hybridized carbons (Fsp3) is 0.222. The maximum Gasteiger partial charge on any atom is 0.299 e. The van der Waals surface area contributed by atoms with E-state index in [4.69, 9.17) is 10.7 Å². The molecule has 1 fully saturated rings. The highest BCUT2D eigenvalue weighted by molar-refractivity contribution is 6.04. The summed E-state index contributed by atoms with van der Waals surface area (Å²) in [5.74, 6) is 6.68. The number of pyridine rings is 1. The Morgan fingerprint density at radius 2 is 1.97 bits per heavy atom. The highest BCUT2D eigenvalue weighted by Gasteiger charge is 2.33. The van der Waals surface area contributed by atoms with Crippen molar-refractivity contribution in [1.29, 1.82) is 0 Å². The molecule has 1 aromatic carbocycles. The predicted octanol–water partition coefficient (Wildman–Crippen LogP) is 3.70. The van der Waals surface area contributed by atoms with Crippen LogP contribution < -0.4 is 11.1 Å². The van der Waals surface area contributed by atoms with E-state index in [1.165, 1.54) is 0 Å². The lowest BCUT2D eigenvalue weighted by Gasteiger charge is -2.21. The number of amides is 2. The summed E-state index contributed by atoms with van der Waals surface area (Å²) in [6.45, 7) is 2.55. The number of benzene rings is 1. The van der Waals surface area contributed by atoms with Gasteiger partial charge >= 0.3 is 0 Å². The fourth-order valence-electron chi connectivity index (χ4n) is 4.44. The number of carbonyl (C=O) groups excluding carboxylic acids is 2. The number of nitrogens with two attached hydrogens (primary N) is 1. The predicted molar refractivity (Wildman–Crippen MR) is 137 cm³/mol. The maximum atomic E-state index is 12.7. The summed E-state index contributed by atoms with van der Waals surface area (Å²) < 4.78 is 1.91. The van der Waals surface area contributed by atoms with Gasteiger partial charge in [-0.15, -0.1) is 0 Å². The number of nitrogens with zero attached hydrogens (tertiary/aromatic N) is 5. The molecule has 4 aromatic rings. The second-order valence-electron chi connectivity index (χ2n) is 8.41. The lowest BCUT2D eigenvalue weighted by atomic mass is 10.1. The zero-order chi connectivity index (χ0) is 25.1. The number of nitrogens with one attached hydrogen (secondary N) is 1. The summed E-state index contributed by atoms with van der Waals surface area (Å²) in [6.07, 6.45) is 7.33. The van der Waals surface area contributed by atoms with Gasteiger partial charge in [-0.1, -0.05) is 31.0 Å². The maximum absolute atomic E-state index is 12.7. The van der Waals surface area contributed by atoms with Crippen LogP contribution in [0.5, 0.6) is 0 Å². The average Bonchev–Trinajstić information content (AvgIpc) is 3.54. The van der Waals surface area contributed by atoms with Crippen molar-refractivity contribution in [3.8, 4) is 23.1 Å². The molecular formula is C27H25N7O2. The number of likely N-dealkylation sites (tertiary alicyclic amines) is 1. The van der Waals surface area contributed by atoms with Gasteiger partial charge < -0.3 is 16.0 Å². The van der Waals surface area contributed by atoms with Crippen LogP contribution in [-0.2, 0) is 4.79 Å². The van der Waals surface area contributed by atoms with Crippen molar-refractivity contribution in [2.24, 2.45) is 0 Å². The smallest absolute Gasteiger partial charge is 0.299 e. The zero-order valence-electron chi connectivity index (χ0n) is 19.8. The summed E-state index contributed by atoms with van der Waals surface area (Å²) >= 11 is 0. The molecule has 1 saturated heterocycles. The van der Waals surface area contributed by atoms with E-state index in [9.17, 15) is 9.59 Å². The minimum atomic E-state index is -0.259. The molecule has 1 aliphatic heterocycles. The number of fused-ring (bicyclic) bond motifs is 1. The molecule has 1 aliphatic rings. The SMILES string of the molecule is CCC#CC(=O)N1CCCC1c1nc(-c2ccc(C(=O)Nc3ccccn3)cc2)c2c(N)nccn12. The third-order valence-electron chi connectivity index (χ3n) is 6.12. The Hall–Kier alpha value is -4.71. The first kappa shape index (κ1) is 23.1. The van der Waals surface area contributed by atoms with Crippen LogP contribution in [0.2, 0.25) is 0 Å². The van der Waals surface area contributed by atoms with Gasteiger partial charge in [-0.3, -0.25) is 14.0 Å². The van der Waals surface area contributed by atoms with Gasteiger partial charge in [0.15, 0.2) is 0 Å². The lowest BCUT2D eigenvalue weighted by molar-refractivity contribution is -0.126. The van der Waals surface area contributed by atoms with Crippen molar-refractivity contribution >= 4 is 29.0 Å². The van der Waals surface area contributed by atoms with Gasteiger partial charge in [0.2, 0.25) is 0 Å². The molecule has 1 atom stereocenters. The van der Waals surface area contributed by atoms with E-state index in [1.54, 1.807) is 47.6 Å². The lowest BCUT2D eigenvalue weighted by Crippen LogP contribution is -2.30. The molecule has 3 aromatic heterocycles. The Kier molecular flexibility index (Phi) is 6.33. The molecule has 5 rings (SSSR count). The first-order chi connectivity index (χ1) is 17.6. The molecule has 9 nitrogen and oxygen atoms in total. The number of aromatic nitrogens is 4. The molecule has 0 spiro atoms. The van der Waals surface area contributed by atoms with E-state index < -0.39 is 0 Å². The third kappa shape index (κ3) is 4.36. The van der Waals surface area contributed by atoms with Crippen molar-refractivity contribution < 1.29 is 9.59 Å². The summed E-state index contributed by atoms with van der Waals surface area (Å²) in [5, 5.41) is 2.78. The average molecular weight is 480 g/mol. The third-order valence-corrected chi connectivity index (χ3v) is 6.12. The fourth-order valence-corrected chi connectivity index (χ4v) is 4.44. The molecule has 9 heteroatoms. The van der Waals surface area contributed by atoms with Crippen LogP contribution in [0, 0.1) is 11.8 Å². The molecule has 3 N–H and O–H groups in total. The number of hydrogen-bond donors (Lipinski definition) is 2. The monoisotopic (exact) mass is 479 g/mol. The minimum absolute atomic E-state index is 0.192. The van der Waals surface area contributed by atoms with Crippen molar-refractivity contribution in [2.45, 2.75) is 32.2 Å². The molecule has 0 saturated carbocycles. The van der Waals surface area contributed by atoms with E-state index in [0.29, 0.717) is 41.4 Å². The van der Waals surface area contributed by atoms with Gasteiger partial charge in [0, 0.05) is 42.7 Å². The Morgan fingerprint density at radius 1 is 1.14 bits per heavy atom. The van der Waals surface area contributed by atoms with Crippen molar-refractivity contribution in [2.75, 3.05) is 17.6 Å². The number of imidazole rings is 1. The zero-order valence-corrected chi connectivity index (χ0v) is 19.8. The van der Waals surface area contributed by atoms with Crippen molar-refractivity contribution in [3.05, 3.63) is 72.4 Å². The van der Waals surface area contributed by atoms with Gasteiger partial charge in [-0.25, -0.2) is 15.0 Å². The van der Waals surface area contributed by atoms with E-state index in [2.05, 4.69) is 27.1 Å². The Balaban J connectivity index is 1.49. The topological polar surface area (TPSA) is 119 Å².